The van der Waals surface area contributed by atoms with Gasteiger partial charge < -0.3 is 16.2 Å². The lowest BCUT2D eigenvalue weighted by Crippen LogP contribution is -2.24. The summed E-state index contributed by atoms with van der Waals surface area (Å²) in [5.41, 5.74) is 6.88. The summed E-state index contributed by atoms with van der Waals surface area (Å²) in [5, 5.41) is 11.6. The Kier molecular flexibility index (Phi) is 3.96. The molecule has 0 unspecified atom stereocenters. The van der Waals surface area contributed by atoms with Gasteiger partial charge in [0.25, 0.3) is 5.91 Å². The van der Waals surface area contributed by atoms with Gasteiger partial charge in [-0.2, -0.15) is 0 Å². The number of hydrogen-bond donors (Lipinski definition) is 3. The number of benzene rings is 1. The van der Waals surface area contributed by atoms with E-state index in [-0.39, 0.29) is 12.3 Å². The zero-order chi connectivity index (χ0) is 13.8. The maximum absolute atomic E-state index is 11.8. The van der Waals surface area contributed by atoms with Gasteiger partial charge in [0.05, 0.1) is 10.2 Å². The first-order valence-corrected chi connectivity index (χ1v) is 6.54. The zero-order valence-electron chi connectivity index (χ0n) is 10.0. The summed E-state index contributed by atoms with van der Waals surface area (Å²) in [6, 6.07) is 5.15. The molecule has 1 aromatic heterocycles. The molecule has 19 heavy (non-hydrogen) atoms. The molecule has 2 rings (SSSR count). The number of hydrogen-bond acceptors (Lipinski definition) is 5. The van der Waals surface area contributed by atoms with Crippen LogP contribution in [-0.2, 0) is 4.79 Å². The van der Waals surface area contributed by atoms with E-state index in [9.17, 15) is 9.59 Å². The van der Waals surface area contributed by atoms with Crippen LogP contribution in [0.3, 0.4) is 0 Å². The van der Waals surface area contributed by atoms with Crippen LogP contribution in [0.5, 0.6) is 0 Å². The lowest BCUT2D eigenvalue weighted by Gasteiger charge is -2.03. The molecule has 7 heteroatoms. The second-order valence-electron chi connectivity index (χ2n) is 3.99. The number of amides is 1. The number of rotatable bonds is 5. The SMILES string of the molecule is Nc1nc2ccc(C(=O)NCCCC(=O)O)cc2s1. The number of nitrogen functional groups attached to an aromatic ring is 1. The van der Waals surface area contributed by atoms with Crippen molar-refractivity contribution >= 4 is 38.6 Å². The number of thiazole rings is 1. The Bertz CT molecular complexity index is 624. The second kappa shape index (κ2) is 5.66. The summed E-state index contributed by atoms with van der Waals surface area (Å²) < 4.78 is 0.857. The van der Waals surface area contributed by atoms with Crippen LogP contribution in [-0.4, -0.2) is 28.5 Å². The summed E-state index contributed by atoms with van der Waals surface area (Å²) in [6.07, 6.45) is 0.460. The van der Waals surface area contributed by atoms with Gasteiger partial charge >= 0.3 is 5.97 Å². The van der Waals surface area contributed by atoms with Crippen molar-refractivity contribution in [2.45, 2.75) is 12.8 Å². The molecule has 100 valence electrons. The Hall–Kier alpha value is -2.15. The highest BCUT2D eigenvalue weighted by molar-refractivity contribution is 7.22. The fourth-order valence-corrected chi connectivity index (χ4v) is 2.40. The van der Waals surface area contributed by atoms with Gasteiger partial charge in [-0.25, -0.2) is 4.98 Å². The number of nitrogens with one attached hydrogen (secondary N) is 1. The Morgan fingerprint density at radius 1 is 1.42 bits per heavy atom. The molecule has 4 N–H and O–H groups in total. The van der Waals surface area contributed by atoms with Gasteiger partial charge in [-0.05, 0) is 24.6 Å². The molecular formula is C12H13N3O3S. The van der Waals surface area contributed by atoms with Crippen LogP contribution in [0.2, 0.25) is 0 Å². The molecule has 6 nitrogen and oxygen atoms in total. The van der Waals surface area contributed by atoms with Crippen LogP contribution in [0.4, 0.5) is 5.13 Å². The maximum atomic E-state index is 11.8. The number of nitrogens with two attached hydrogens (primary N) is 1. The number of anilines is 1. The minimum atomic E-state index is -0.865. The summed E-state index contributed by atoms with van der Waals surface area (Å²) in [4.78, 5) is 26.3. The highest BCUT2D eigenvalue weighted by Crippen LogP contribution is 2.24. The first kappa shape index (κ1) is 13.3. The highest BCUT2D eigenvalue weighted by atomic mass is 32.1. The lowest BCUT2D eigenvalue weighted by atomic mass is 10.2. The van der Waals surface area contributed by atoms with Crippen LogP contribution in [0.15, 0.2) is 18.2 Å². The van der Waals surface area contributed by atoms with E-state index in [4.69, 9.17) is 10.8 Å². The minimum absolute atomic E-state index is 0.0463. The lowest BCUT2D eigenvalue weighted by molar-refractivity contribution is -0.137. The molecule has 0 bridgehead atoms. The molecule has 0 saturated carbocycles. The standard InChI is InChI=1S/C12H13N3O3S/c13-12-15-8-4-3-7(6-9(8)19-12)11(18)14-5-1-2-10(16)17/h3-4,6H,1-2,5H2,(H2,13,15)(H,14,18)(H,16,17). The topological polar surface area (TPSA) is 105 Å². The van der Waals surface area contributed by atoms with Crippen LogP contribution >= 0.6 is 11.3 Å². The van der Waals surface area contributed by atoms with Crippen LogP contribution in [0.25, 0.3) is 10.2 Å². The van der Waals surface area contributed by atoms with Crippen LogP contribution in [0.1, 0.15) is 23.2 Å². The monoisotopic (exact) mass is 279 g/mol. The summed E-state index contributed by atoms with van der Waals surface area (Å²) in [5.74, 6) is -1.09. The van der Waals surface area contributed by atoms with E-state index >= 15 is 0 Å². The second-order valence-corrected chi connectivity index (χ2v) is 5.05. The number of carboxylic acids is 1. The van der Waals surface area contributed by atoms with Gasteiger partial charge in [-0.3, -0.25) is 9.59 Å². The average molecular weight is 279 g/mol. The Labute approximate surface area is 113 Å². The summed E-state index contributed by atoms with van der Waals surface area (Å²) >= 11 is 1.32. The van der Waals surface area contributed by atoms with Crippen molar-refractivity contribution in [2.75, 3.05) is 12.3 Å². The van der Waals surface area contributed by atoms with E-state index in [1.165, 1.54) is 11.3 Å². The first-order valence-electron chi connectivity index (χ1n) is 5.72. The van der Waals surface area contributed by atoms with Crippen LogP contribution in [0, 0.1) is 0 Å². The molecule has 0 radical (unpaired) electrons. The molecule has 0 aliphatic carbocycles. The van der Waals surface area contributed by atoms with E-state index in [0.29, 0.717) is 23.7 Å². The molecule has 0 atom stereocenters. The van der Waals surface area contributed by atoms with Gasteiger partial charge in [-0.15, -0.1) is 0 Å². The summed E-state index contributed by atoms with van der Waals surface area (Å²) in [6.45, 7) is 0.341. The molecule has 2 aromatic rings. The number of carbonyl (C=O) groups excluding carboxylic acids is 1. The molecular weight excluding hydrogens is 266 g/mol. The maximum Gasteiger partial charge on any atom is 0.303 e. The summed E-state index contributed by atoms with van der Waals surface area (Å²) in [7, 11) is 0. The number of carbonyl (C=O) groups is 2. The third-order valence-corrected chi connectivity index (χ3v) is 3.37. The van der Waals surface area contributed by atoms with Crippen molar-refractivity contribution < 1.29 is 14.7 Å². The quantitative estimate of drug-likeness (QED) is 0.719. The van der Waals surface area contributed by atoms with E-state index in [1.54, 1.807) is 18.2 Å². The normalized spacial score (nSPS) is 10.5. The number of aliphatic carboxylic acids is 1. The fraction of sp³-hybridized carbons (Fsp3) is 0.250. The van der Waals surface area contributed by atoms with E-state index in [1.807, 2.05) is 0 Å². The van der Waals surface area contributed by atoms with E-state index in [0.717, 1.165) is 10.2 Å². The highest BCUT2D eigenvalue weighted by Gasteiger charge is 2.08. The van der Waals surface area contributed by atoms with E-state index in [2.05, 4.69) is 10.3 Å². The Morgan fingerprint density at radius 2 is 2.21 bits per heavy atom. The van der Waals surface area contributed by atoms with Crippen molar-refractivity contribution in [1.29, 1.82) is 0 Å². The van der Waals surface area contributed by atoms with Gasteiger partial charge in [0.15, 0.2) is 5.13 Å². The average Bonchev–Trinajstić information content (AvgIpc) is 2.73. The fourth-order valence-electron chi connectivity index (χ4n) is 1.63. The number of carboxylic acid groups (broad SMARTS) is 1. The van der Waals surface area contributed by atoms with Crippen molar-refractivity contribution in [3.63, 3.8) is 0 Å². The Balaban J connectivity index is 1.98. The molecule has 0 fully saturated rings. The largest absolute Gasteiger partial charge is 0.481 e. The van der Waals surface area contributed by atoms with Crippen molar-refractivity contribution in [3.05, 3.63) is 23.8 Å². The first-order chi connectivity index (χ1) is 9.06. The molecule has 0 saturated heterocycles. The Morgan fingerprint density at radius 3 is 2.95 bits per heavy atom. The molecule has 1 heterocycles. The minimum Gasteiger partial charge on any atom is -0.481 e. The smallest absolute Gasteiger partial charge is 0.303 e. The molecule has 0 aliphatic heterocycles. The van der Waals surface area contributed by atoms with Crippen LogP contribution < -0.4 is 11.1 Å². The predicted molar refractivity (Wildman–Crippen MR) is 73.2 cm³/mol. The third kappa shape index (κ3) is 3.41. The van der Waals surface area contributed by atoms with Gasteiger partial charge in [0.2, 0.25) is 0 Å². The van der Waals surface area contributed by atoms with Crippen molar-refractivity contribution in [3.8, 4) is 0 Å². The van der Waals surface area contributed by atoms with Gasteiger partial charge in [0.1, 0.15) is 0 Å². The number of aromatic nitrogens is 1. The van der Waals surface area contributed by atoms with E-state index < -0.39 is 5.97 Å². The van der Waals surface area contributed by atoms with Gasteiger partial charge in [0, 0.05) is 18.5 Å². The number of nitrogens with zero attached hydrogens (tertiary/aromatic N) is 1. The van der Waals surface area contributed by atoms with Crippen molar-refractivity contribution in [2.24, 2.45) is 0 Å². The predicted octanol–water partition coefficient (Wildman–Crippen LogP) is 1.47. The molecule has 0 spiro atoms. The van der Waals surface area contributed by atoms with Crippen molar-refractivity contribution in [1.82, 2.24) is 10.3 Å². The zero-order valence-corrected chi connectivity index (χ0v) is 10.9. The molecule has 0 aliphatic rings. The molecule has 1 amide bonds. The third-order valence-electron chi connectivity index (χ3n) is 2.52. The molecule has 1 aromatic carbocycles. The number of fused-ring (bicyclic) bond motifs is 1. The van der Waals surface area contributed by atoms with Gasteiger partial charge in [-0.1, -0.05) is 11.3 Å².